The van der Waals surface area contributed by atoms with Gasteiger partial charge < -0.3 is 14.6 Å². The minimum atomic E-state index is -0.723. The monoisotopic (exact) mass is 184 g/mol. The van der Waals surface area contributed by atoms with Crippen molar-refractivity contribution in [1.29, 1.82) is 0 Å². The molecule has 1 unspecified atom stereocenters. The van der Waals surface area contributed by atoms with Gasteiger partial charge in [0.05, 0.1) is 6.61 Å². The zero-order valence-electron chi connectivity index (χ0n) is 8.12. The van der Waals surface area contributed by atoms with E-state index in [0.717, 1.165) is 0 Å². The van der Waals surface area contributed by atoms with E-state index in [0.29, 0.717) is 12.2 Å². The number of aliphatic hydroxyl groups excluding tert-OH is 1. The van der Waals surface area contributed by atoms with Crippen LogP contribution >= 0.6 is 0 Å². The van der Waals surface area contributed by atoms with E-state index in [1.54, 1.807) is 0 Å². The van der Waals surface area contributed by atoms with Gasteiger partial charge in [-0.05, 0) is 19.4 Å². The Morgan fingerprint density at radius 1 is 1.69 bits per heavy atom. The van der Waals surface area contributed by atoms with E-state index >= 15 is 0 Å². The molecule has 1 heterocycles. The van der Waals surface area contributed by atoms with Gasteiger partial charge in [-0.15, -0.1) is 0 Å². The molecule has 2 atom stereocenters. The molecule has 0 aromatic rings. The van der Waals surface area contributed by atoms with Crippen molar-refractivity contribution >= 4 is 0 Å². The van der Waals surface area contributed by atoms with Crippen LogP contribution in [0, 0.1) is 0 Å². The third-order valence-corrected chi connectivity index (χ3v) is 2.02. The molecular weight excluding hydrogens is 168 g/mol. The first-order chi connectivity index (χ1) is 5.96. The zero-order valence-corrected chi connectivity index (χ0v) is 8.12. The van der Waals surface area contributed by atoms with Gasteiger partial charge in [-0.1, -0.05) is 19.2 Å². The molecular formula is C10H16O3. The normalized spacial score (nSPS) is 28.4. The fourth-order valence-corrected chi connectivity index (χ4v) is 1.23. The van der Waals surface area contributed by atoms with Crippen LogP contribution in [-0.4, -0.2) is 29.7 Å². The first kappa shape index (κ1) is 10.4. The maximum absolute atomic E-state index is 9.67. The lowest BCUT2D eigenvalue weighted by atomic mass is 10.1. The van der Waals surface area contributed by atoms with Crippen LogP contribution in [-0.2, 0) is 9.47 Å². The van der Waals surface area contributed by atoms with Gasteiger partial charge in [0.15, 0.2) is 5.79 Å². The molecule has 0 saturated carbocycles. The Labute approximate surface area is 78.7 Å². The summed E-state index contributed by atoms with van der Waals surface area (Å²) in [4.78, 5) is 0. The standard InChI is InChI=1S/C10H16O3/c1-5-7(2)9(11)8-6-12-10(3,4)13-8/h5,8-9,11H,1-2,6H2,3-4H3/t8-,9?/m0/s1. The summed E-state index contributed by atoms with van der Waals surface area (Å²) in [5, 5.41) is 9.67. The first-order valence-electron chi connectivity index (χ1n) is 4.27. The third-order valence-electron chi connectivity index (χ3n) is 2.02. The van der Waals surface area contributed by atoms with Gasteiger partial charge in [-0.25, -0.2) is 0 Å². The molecule has 1 saturated heterocycles. The summed E-state index contributed by atoms with van der Waals surface area (Å²) in [6.45, 7) is 11.2. The second-order valence-electron chi connectivity index (χ2n) is 3.59. The fraction of sp³-hybridized carbons (Fsp3) is 0.600. The van der Waals surface area contributed by atoms with Crippen molar-refractivity contribution in [2.45, 2.75) is 31.8 Å². The Hall–Kier alpha value is -0.640. The average molecular weight is 184 g/mol. The quantitative estimate of drug-likeness (QED) is 0.671. The predicted molar refractivity (Wildman–Crippen MR) is 50.2 cm³/mol. The summed E-state index contributed by atoms with van der Waals surface area (Å²) in [7, 11) is 0. The SMILES string of the molecule is C=CC(=C)C(O)[C@@H]1COC(C)(C)O1. The van der Waals surface area contributed by atoms with E-state index in [1.807, 2.05) is 13.8 Å². The number of hydrogen-bond donors (Lipinski definition) is 1. The van der Waals surface area contributed by atoms with E-state index in [2.05, 4.69) is 13.2 Å². The second-order valence-corrected chi connectivity index (χ2v) is 3.59. The lowest BCUT2D eigenvalue weighted by Crippen LogP contribution is -2.31. The molecule has 0 amide bonds. The molecule has 1 aliphatic rings. The van der Waals surface area contributed by atoms with Crippen LogP contribution in [0.5, 0.6) is 0 Å². The molecule has 74 valence electrons. The van der Waals surface area contributed by atoms with Crippen molar-refractivity contribution in [2.24, 2.45) is 0 Å². The van der Waals surface area contributed by atoms with Gasteiger partial charge >= 0.3 is 0 Å². The van der Waals surface area contributed by atoms with Crippen molar-refractivity contribution < 1.29 is 14.6 Å². The maximum atomic E-state index is 9.67. The van der Waals surface area contributed by atoms with Gasteiger partial charge in [0.2, 0.25) is 0 Å². The van der Waals surface area contributed by atoms with Crippen LogP contribution in [0.3, 0.4) is 0 Å². The highest BCUT2D eigenvalue weighted by molar-refractivity contribution is 5.18. The van der Waals surface area contributed by atoms with Gasteiger partial charge in [0.25, 0.3) is 0 Å². The summed E-state index contributed by atoms with van der Waals surface area (Å²) >= 11 is 0. The molecule has 3 nitrogen and oxygen atoms in total. The van der Waals surface area contributed by atoms with E-state index < -0.39 is 11.9 Å². The molecule has 0 aromatic carbocycles. The lowest BCUT2D eigenvalue weighted by molar-refractivity contribution is -0.147. The maximum Gasteiger partial charge on any atom is 0.163 e. The Kier molecular flexibility index (Phi) is 2.91. The topological polar surface area (TPSA) is 38.7 Å². The number of aliphatic hydroxyl groups is 1. The lowest BCUT2D eigenvalue weighted by Gasteiger charge is -2.20. The van der Waals surface area contributed by atoms with Crippen molar-refractivity contribution in [3.8, 4) is 0 Å². The second kappa shape index (κ2) is 3.62. The highest BCUT2D eigenvalue weighted by Crippen LogP contribution is 2.26. The Morgan fingerprint density at radius 2 is 2.31 bits per heavy atom. The Morgan fingerprint density at radius 3 is 2.69 bits per heavy atom. The van der Waals surface area contributed by atoms with Crippen LogP contribution in [0.2, 0.25) is 0 Å². The molecule has 0 bridgehead atoms. The molecule has 1 fully saturated rings. The molecule has 1 aliphatic heterocycles. The van der Waals surface area contributed by atoms with Crippen molar-refractivity contribution in [2.75, 3.05) is 6.61 Å². The third kappa shape index (κ3) is 2.40. The van der Waals surface area contributed by atoms with E-state index in [4.69, 9.17) is 9.47 Å². The minimum absolute atomic E-state index is 0.333. The predicted octanol–water partition coefficient (Wildman–Crippen LogP) is 1.24. The van der Waals surface area contributed by atoms with Crippen LogP contribution in [0.15, 0.2) is 24.8 Å². The molecule has 3 heteroatoms. The van der Waals surface area contributed by atoms with Crippen LogP contribution in [0.4, 0.5) is 0 Å². The Bertz CT molecular complexity index is 220. The molecule has 0 aromatic heterocycles. The summed E-state index contributed by atoms with van der Waals surface area (Å²) in [6.07, 6.45) is 0.471. The van der Waals surface area contributed by atoms with Crippen molar-refractivity contribution in [3.05, 3.63) is 24.8 Å². The highest BCUT2D eigenvalue weighted by Gasteiger charge is 2.37. The molecule has 1 N–H and O–H groups in total. The molecule has 13 heavy (non-hydrogen) atoms. The number of hydrogen-bond acceptors (Lipinski definition) is 3. The molecule has 0 spiro atoms. The van der Waals surface area contributed by atoms with E-state index in [-0.39, 0.29) is 6.10 Å². The molecule has 1 rings (SSSR count). The minimum Gasteiger partial charge on any atom is -0.386 e. The summed E-state index contributed by atoms with van der Waals surface area (Å²) in [5.74, 6) is -0.604. The summed E-state index contributed by atoms with van der Waals surface area (Å²) in [5.41, 5.74) is 0.561. The molecule has 0 aliphatic carbocycles. The van der Waals surface area contributed by atoms with Gasteiger partial charge in [0.1, 0.15) is 12.2 Å². The zero-order chi connectivity index (χ0) is 10.1. The summed E-state index contributed by atoms with van der Waals surface area (Å²) < 4.78 is 10.8. The van der Waals surface area contributed by atoms with Crippen molar-refractivity contribution in [3.63, 3.8) is 0 Å². The molecule has 0 radical (unpaired) electrons. The van der Waals surface area contributed by atoms with Crippen LogP contribution in [0.25, 0.3) is 0 Å². The highest BCUT2D eigenvalue weighted by atomic mass is 16.7. The van der Waals surface area contributed by atoms with Crippen molar-refractivity contribution in [1.82, 2.24) is 0 Å². The summed E-state index contributed by atoms with van der Waals surface area (Å²) in [6, 6.07) is 0. The number of rotatable bonds is 3. The van der Waals surface area contributed by atoms with E-state index in [1.165, 1.54) is 6.08 Å². The largest absolute Gasteiger partial charge is 0.386 e. The van der Waals surface area contributed by atoms with Gasteiger partial charge in [0, 0.05) is 0 Å². The van der Waals surface area contributed by atoms with E-state index in [9.17, 15) is 5.11 Å². The number of ether oxygens (including phenoxy) is 2. The smallest absolute Gasteiger partial charge is 0.163 e. The van der Waals surface area contributed by atoms with Gasteiger partial charge in [-0.3, -0.25) is 0 Å². The first-order valence-corrected chi connectivity index (χ1v) is 4.27. The fourth-order valence-electron chi connectivity index (χ4n) is 1.23. The average Bonchev–Trinajstić information content (AvgIpc) is 2.43. The Balaban J connectivity index is 2.56. The van der Waals surface area contributed by atoms with Crippen LogP contribution < -0.4 is 0 Å². The van der Waals surface area contributed by atoms with Gasteiger partial charge in [-0.2, -0.15) is 0 Å². The van der Waals surface area contributed by atoms with Crippen LogP contribution in [0.1, 0.15) is 13.8 Å².